The third-order valence-corrected chi connectivity index (χ3v) is 1.16. The molecular formula is C7H13NO2. The highest BCUT2D eigenvalue weighted by Crippen LogP contribution is 1.97. The lowest BCUT2D eigenvalue weighted by Gasteiger charge is -1.96. The van der Waals surface area contributed by atoms with Crippen LogP contribution in [0, 0.1) is 5.41 Å². The number of ether oxygens (including phenoxy) is 1. The Bertz CT molecular complexity index is 132. The molecule has 0 aliphatic rings. The lowest BCUT2D eigenvalue weighted by molar-refractivity contribution is -0.140. The summed E-state index contributed by atoms with van der Waals surface area (Å²) in [5, 5.41) is 7.04. The van der Waals surface area contributed by atoms with E-state index in [1.807, 2.05) is 0 Å². The molecule has 0 aliphatic carbocycles. The average molecular weight is 143 g/mol. The summed E-state index contributed by atoms with van der Waals surface area (Å²) in [6.07, 6.45) is 1.84. The second-order valence-electron chi connectivity index (χ2n) is 2.21. The van der Waals surface area contributed by atoms with Crippen LogP contribution in [0.2, 0.25) is 0 Å². The zero-order valence-corrected chi connectivity index (χ0v) is 6.44. The Morgan fingerprint density at radius 2 is 2.10 bits per heavy atom. The lowest BCUT2D eigenvalue weighted by Crippen LogP contribution is -2.00. The summed E-state index contributed by atoms with van der Waals surface area (Å²) in [6, 6.07) is 0. The maximum absolute atomic E-state index is 10.5. The first-order valence-corrected chi connectivity index (χ1v) is 3.27. The van der Waals surface area contributed by atoms with Crippen LogP contribution in [0.5, 0.6) is 0 Å². The van der Waals surface area contributed by atoms with E-state index in [4.69, 9.17) is 5.41 Å². The van der Waals surface area contributed by atoms with Gasteiger partial charge in [-0.15, -0.1) is 0 Å². The van der Waals surface area contributed by atoms with Crippen LogP contribution in [-0.2, 0) is 9.53 Å². The van der Waals surface area contributed by atoms with E-state index in [0.717, 1.165) is 6.42 Å². The summed E-state index contributed by atoms with van der Waals surface area (Å²) >= 11 is 0. The fraction of sp³-hybridized carbons (Fsp3) is 0.714. The molecule has 0 heterocycles. The molecule has 3 heteroatoms. The first-order chi connectivity index (χ1) is 4.66. The van der Waals surface area contributed by atoms with Crippen molar-refractivity contribution in [3.05, 3.63) is 0 Å². The monoisotopic (exact) mass is 143 g/mol. The smallest absolute Gasteiger partial charge is 0.305 e. The third kappa shape index (κ3) is 5.28. The fourth-order valence-electron chi connectivity index (χ4n) is 0.600. The van der Waals surface area contributed by atoms with Gasteiger partial charge in [0.15, 0.2) is 0 Å². The van der Waals surface area contributed by atoms with Gasteiger partial charge in [0.25, 0.3) is 0 Å². The molecule has 0 aromatic carbocycles. The minimum atomic E-state index is -0.193. The van der Waals surface area contributed by atoms with E-state index in [1.54, 1.807) is 6.92 Å². The number of hydrogen-bond acceptors (Lipinski definition) is 3. The van der Waals surface area contributed by atoms with E-state index >= 15 is 0 Å². The highest BCUT2D eigenvalue weighted by molar-refractivity contribution is 5.79. The van der Waals surface area contributed by atoms with Gasteiger partial charge in [0, 0.05) is 12.1 Å². The predicted molar refractivity (Wildman–Crippen MR) is 39.3 cm³/mol. The van der Waals surface area contributed by atoms with Crippen LogP contribution in [0.15, 0.2) is 0 Å². The fourth-order valence-corrected chi connectivity index (χ4v) is 0.600. The summed E-state index contributed by atoms with van der Waals surface area (Å²) in [5.41, 5.74) is 0.615. The van der Waals surface area contributed by atoms with Crippen LogP contribution in [0.3, 0.4) is 0 Å². The molecule has 0 aliphatic heterocycles. The molecule has 0 saturated carbocycles. The molecule has 1 N–H and O–H groups in total. The van der Waals surface area contributed by atoms with Crippen molar-refractivity contribution in [3.63, 3.8) is 0 Å². The molecule has 0 aromatic rings. The molecule has 0 spiro atoms. The Morgan fingerprint density at radius 1 is 1.50 bits per heavy atom. The van der Waals surface area contributed by atoms with Crippen LogP contribution in [-0.4, -0.2) is 18.8 Å². The van der Waals surface area contributed by atoms with Crippen LogP contribution < -0.4 is 0 Å². The predicted octanol–water partition coefficient (Wildman–Crippen LogP) is 1.37. The molecule has 0 fully saturated rings. The normalized spacial score (nSPS) is 9.00. The Hall–Kier alpha value is -0.860. The Labute approximate surface area is 60.9 Å². The van der Waals surface area contributed by atoms with Crippen molar-refractivity contribution in [2.75, 3.05) is 7.11 Å². The van der Waals surface area contributed by atoms with E-state index in [-0.39, 0.29) is 5.97 Å². The van der Waals surface area contributed by atoms with E-state index < -0.39 is 0 Å². The zero-order valence-electron chi connectivity index (χ0n) is 6.44. The molecule has 0 rings (SSSR count). The van der Waals surface area contributed by atoms with E-state index in [0.29, 0.717) is 18.6 Å². The summed E-state index contributed by atoms with van der Waals surface area (Å²) in [5.74, 6) is -0.193. The topological polar surface area (TPSA) is 50.2 Å². The van der Waals surface area contributed by atoms with Crippen LogP contribution >= 0.6 is 0 Å². The molecule has 3 nitrogen and oxygen atoms in total. The number of rotatable bonds is 4. The van der Waals surface area contributed by atoms with Crippen molar-refractivity contribution >= 4 is 11.7 Å². The minimum Gasteiger partial charge on any atom is -0.469 e. The van der Waals surface area contributed by atoms with Gasteiger partial charge in [0.1, 0.15) is 0 Å². The van der Waals surface area contributed by atoms with Crippen molar-refractivity contribution in [1.82, 2.24) is 0 Å². The highest BCUT2D eigenvalue weighted by atomic mass is 16.5. The Morgan fingerprint density at radius 3 is 2.50 bits per heavy atom. The van der Waals surface area contributed by atoms with Gasteiger partial charge in [-0.2, -0.15) is 0 Å². The Balaban J connectivity index is 3.20. The number of esters is 1. The zero-order chi connectivity index (χ0) is 7.98. The highest BCUT2D eigenvalue weighted by Gasteiger charge is 1.98. The number of methoxy groups -OCH3 is 1. The summed E-state index contributed by atoms with van der Waals surface area (Å²) < 4.78 is 4.42. The molecule has 0 radical (unpaired) electrons. The van der Waals surface area contributed by atoms with Crippen molar-refractivity contribution < 1.29 is 9.53 Å². The van der Waals surface area contributed by atoms with Crippen molar-refractivity contribution in [3.8, 4) is 0 Å². The molecule has 10 heavy (non-hydrogen) atoms. The van der Waals surface area contributed by atoms with Crippen LogP contribution in [0.4, 0.5) is 0 Å². The van der Waals surface area contributed by atoms with E-state index in [2.05, 4.69) is 4.74 Å². The van der Waals surface area contributed by atoms with Gasteiger partial charge in [0.05, 0.1) is 7.11 Å². The summed E-state index contributed by atoms with van der Waals surface area (Å²) in [7, 11) is 1.37. The lowest BCUT2D eigenvalue weighted by atomic mass is 10.2. The first-order valence-electron chi connectivity index (χ1n) is 3.27. The van der Waals surface area contributed by atoms with Gasteiger partial charge in [0.2, 0.25) is 0 Å². The largest absolute Gasteiger partial charge is 0.469 e. The van der Waals surface area contributed by atoms with Crippen molar-refractivity contribution in [2.45, 2.75) is 26.2 Å². The molecule has 0 aromatic heterocycles. The third-order valence-electron chi connectivity index (χ3n) is 1.16. The SMILES string of the molecule is COC(=O)CCCC(C)=N. The maximum atomic E-state index is 10.5. The van der Waals surface area contributed by atoms with Gasteiger partial charge >= 0.3 is 5.97 Å². The quantitative estimate of drug-likeness (QED) is 0.477. The van der Waals surface area contributed by atoms with Crippen LogP contribution in [0.1, 0.15) is 26.2 Å². The first kappa shape index (κ1) is 9.14. The van der Waals surface area contributed by atoms with Crippen LogP contribution in [0.25, 0.3) is 0 Å². The molecular weight excluding hydrogens is 130 g/mol. The average Bonchev–Trinajstić information content (AvgIpc) is 1.87. The molecule has 0 bridgehead atoms. The molecule has 58 valence electrons. The van der Waals surface area contributed by atoms with Crippen molar-refractivity contribution in [1.29, 1.82) is 5.41 Å². The molecule has 0 amide bonds. The minimum absolute atomic E-state index is 0.193. The summed E-state index contributed by atoms with van der Waals surface area (Å²) in [4.78, 5) is 10.5. The van der Waals surface area contributed by atoms with Gasteiger partial charge in [-0.25, -0.2) is 0 Å². The second kappa shape index (κ2) is 4.97. The Kier molecular flexibility index (Phi) is 4.54. The van der Waals surface area contributed by atoms with Crippen molar-refractivity contribution in [2.24, 2.45) is 0 Å². The number of carbonyl (C=O) groups excluding carboxylic acids is 1. The van der Waals surface area contributed by atoms with E-state index in [1.165, 1.54) is 7.11 Å². The van der Waals surface area contributed by atoms with Gasteiger partial charge < -0.3 is 10.1 Å². The van der Waals surface area contributed by atoms with Gasteiger partial charge in [-0.05, 0) is 19.8 Å². The second-order valence-corrected chi connectivity index (χ2v) is 2.21. The number of hydrogen-bond donors (Lipinski definition) is 1. The van der Waals surface area contributed by atoms with Gasteiger partial charge in [-0.1, -0.05) is 0 Å². The maximum Gasteiger partial charge on any atom is 0.305 e. The number of nitrogens with one attached hydrogen (secondary N) is 1. The molecule has 0 atom stereocenters. The standard InChI is InChI=1S/C7H13NO2/c1-6(8)4-3-5-7(9)10-2/h8H,3-5H2,1-2H3. The molecule has 0 saturated heterocycles. The summed E-state index contributed by atoms with van der Waals surface area (Å²) in [6.45, 7) is 1.73. The molecule has 0 unspecified atom stereocenters. The number of carbonyl (C=O) groups is 1. The van der Waals surface area contributed by atoms with Gasteiger partial charge in [-0.3, -0.25) is 4.79 Å². The van der Waals surface area contributed by atoms with E-state index in [9.17, 15) is 4.79 Å².